The third-order valence-electron chi connectivity index (χ3n) is 2.72. The minimum atomic E-state index is -0.541. The zero-order valence-corrected chi connectivity index (χ0v) is 11.2. The Morgan fingerprint density at radius 1 is 1.05 bits per heavy atom. The summed E-state index contributed by atoms with van der Waals surface area (Å²) >= 11 is 0. The van der Waals surface area contributed by atoms with Crippen molar-refractivity contribution in [2.75, 3.05) is 12.4 Å². The number of anilines is 1. The van der Waals surface area contributed by atoms with Crippen molar-refractivity contribution in [1.29, 1.82) is 0 Å². The number of hydrogen-bond acceptors (Lipinski definition) is 3. The van der Waals surface area contributed by atoms with E-state index in [1.165, 1.54) is 7.11 Å². The molecule has 2 rings (SSSR count). The molecule has 3 heteroatoms. The Hall–Kier alpha value is -2.73. The topological polar surface area (TPSA) is 38.3 Å². The van der Waals surface area contributed by atoms with Crippen LogP contribution in [0, 0.1) is 11.8 Å². The molecule has 2 aromatic carbocycles. The minimum absolute atomic E-state index is 0.266. The van der Waals surface area contributed by atoms with E-state index in [4.69, 9.17) is 0 Å². The van der Waals surface area contributed by atoms with Crippen molar-refractivity contribution in [2.45, 2.75) is 6.04 Å². The molecule has 0 saturated carbocycles. The summed E-state index contributed by atoms with van der Waals surface area (Å²) in [5.41, 5.74) is 1.94. The lowest BCUT2D eigenvalue weighted by atomic mass is 10.1. The molecule has 0 saturated heterocycles. The smallest absolute Gasteiger partial charge is 0.384 e. The summed E-state index contributed by atoms with van der Waals surface area (Å²) in [7, 11) is 1.32. The first-order valence-corrected chi connectivity index (χ1v) is 6.25. The van der Waals surface area contributed by atoms with Gasteiger partial charge in [-0.05, 0) is 17.7 Å². The van der Waals surface area contributed by atoms with Crippen molar-refractivity contribution in [2.24, 2.45) is 0 Å². The molecule has 0 heterocycles. The Kier molecular flexibility index (Phi) is 4.80. The zero-order chi connectivity index (χ0) is 14.2. The van der Waals surface area contributed by atoms with Crippen LogP contribution in [0.2, 0.25) is 0 Å². The predicted molar refractivity (Wildman–Crippen MR) is 79.0 cm³/mol. The van der Waals surface area contributed by atoms with Crippen LogP contribution in [0.1, 0.15) is 11.6 Å². The molecule has 0 bridgehead atoms. The summed E-state index contributed by atoms with van der Waals surface area (Å²) in [6.07, 6.45) is 0. The quantitative estimate of drug-likeness (QED) is 0.526. The van der Waals surface area contributed by atoms with E-state index in [0.717, 1.165) is 11.3 Å². The number of para-hydroxylation sites is 1. The van der Waals surface area contributed by atoms with Gasteiger partial charge in [-0.25, -0.2) is 4.79 Å². The summed E-state index contributed by atoms with van der Waals surface area (Å²) in [5.74, 6) is 4.84. The first-order valence-electron chi connectivity index (χ1n) is 6.25. The molecule has 1 N–H and O–H groups in total. The van der Waals surface area contributed by atoms with Gasteiger partial charge in [-0.1, -0.05) is 54.5 Å². The fraction of sp³-hybridized carbons (Fsp3) is 0.118. The molecule has 100 valence electrons. The maximum atomic E-state index is 11.2. The normalized spacial score (nSPS) is 10.8. The third kappa shape index (κ3) is 3.89. The molecule has 0 aliphatic heterocycles. The van der Waals surface area contributed by atoms with Gasteiger partial charge >= 0.3 is 5.97 Å². The highest BCUT2D eigenvalue weighted by molar-refractivity contribution is 5.88. The molecule has 0 aliphatic carbocycles. The molecule has 0 amide bonds. The highest BCUT2D eigenvalue weighted by Gasteiger charge is 2.08. The number of rotatable bonds is 3. The number of methoxy groups -OCH3 is 1. The lowest BCUT2D eigenvalue weighted by Gasteiger charge is -2.14. The first kappa shape index (κ1) is 13.7. The molecule has 0 spiro atoms. The number of nitrogens with one attached hydrogen (secondary N) is 1. The van der Waals surface area contributed by atoms with Crippen molar-refractivity contribution in [3.63, 3.8) is 0 Å². The molecule has 0 aromatic heterocycles. The van der Waals surface area contributed by atoms with Crippen LogP contribution in [-0.4, -0.2) is 13.1 Å². The van der Waals surface area contributed by atoms with Gasteiger partial charge in [0.15, 0.2) is 0 Å². The number of carbonyl (C=O) groups excluding carboxylic acids is 1. The molecule has 0 unspecified atom stereocenters. The molecule has 0 fully saturated rings. The molecule has 0 radical (unpaired) electrons. The fourth-order valence-corrected chi connectivity index (χ4v) is 1.73. The van der Waals surface area contributed by atoms with Crippen LogP contribution >= 0.6 is 0 Å². The van der Waals surface area contributed by atoms with Gasteiger partial charge in [0.1, 0.15) is 6.04 Å². The van der Waals surface area contributed by atoms with E-state index < -0.39 is 5.97 Å². The summed E-state index contributed by atoms with van der Waals surface area (Å²) in [6.45, 7) is 0. The van der Waals surface area contributed by atoms with Crippen LogP contribution in [0.3, 0.4) is 0 Å². The largest absolute Gasteiger partial charge is 0.459 e. The predicted octanol–water partition coefficient (Wildman–Crippen LogP) is 3.02. The zero-order valence-electron chi connectivity index (χ0n) is 11.2. The minimum Gasteiger partial charge on any atom is -0.459 e. The molecule has 2 aromatic rings. The van der Waals surface area contributed by atoms with Gasteiger partial charge in [0.05, 0.1) is 7.11 Å². The standard InChI is InChI=1S/C17H15NO2/c1-20-17(19)13-12-16(14-8-4-2-5-9-14)18-15-10-6-3-7-11-15/h2-11,16,18H,1H3/t16-/m0/s1. The van der Waals surface area contributed by atoms with Crippen LogP contribution in [0.25, 0.3) is 0 Å². The van der Waals surface area contributed by atoms with Crippen molar-refractivity contribution in [1.82, 2.24) is 0 Å². The highest BCUT2D eigenvalue weighted by atomic mass is 16.5. The maximum absolute atomic E-state index is 11.2. The Morgan fingerprint density at radius 3 is 2.25 bits per heavy atom. The van der Waals surface area contributed by atoms with Gasteiger partial charge in [-0.15, -0.1) is 0 Å². The number of carbonyl (C=O) groups is 1. The van der Waals surface area contributed by atoms with Gasteiger partial charge < -0.3 is 10.1 Å². The van der Waals surface area contributed by atoms with Gasteiger partial charge in [0, 0.05) is 11.6 Å². The van der Waals surface area contributed by atoms with E-state index in [-0.39, 0.29) is 6.04 Å². The Balaban J connectivity index is 2.24. The average molecular weight is 265 g/mol. The van der Waals surface area contributed by atoms with Crippen LogP contribution in [0.15, 0.2) is 60.7 Å². The lowest BCUT2D eigenvalue weighted by Crippen LogP contribution is -2.09. The Labute approximate surface area is 118 Å². The SMILES string of the molecule is COC(=O)C#C[C@H](Nc1ccccc1)c1ccccc1. The van der Waals surface area contributed by atoms with Crippen LogP contribution < -0.4 is 5.32 Å². The van der Waals surface area contributed by atoms with E-state index in [1.54, 1.807) is 0 Å². The molecule has 20 heavy (non-hydrogen) atoms. The summed E-state index contributed by atoms with van der Waals surface area (Å²) in [6, 6.07) is 19.2. The molecular formula is C17H15NO2. The maximum Gasteiger partial charge on any atom is 0.384 e. The monoisotopic (exact) mass is 265 g/mol. The van der Waals surface area contributed by atoms with Gasteiger partial charge in [0.2, 0.25) is 0 Å². The van der Waals surface area contributed by atoms with Gasteiger partial charge in [0.25, 0.3) is 0 Å². The highest BCUT2D eigenvalue weighted by Crippen LogP contribution is 2.18. The van der Waals surface area contributed by atoms with Gasteiger partial charge in [-0.3, -0.25) is 0 Å². The molecule has 1 atom stereocenters. The Morgan fingerprint density at radius 2 is 1.65 bits per heavy atom. The van der Waals surface area contributed by atoms with Crippen molar-refractivity contribution < 1.29 is 9.53 Å². The number of benzene rings is 2. The second kappa shape index (κ2) is 7.01. The number of ether oxygens (including phenoxy) is 1. The van der Waals surface area contributed by atoms with Crippen molar-refractivity contribution in [3.05, 3.63) is 66.2 Å². The first-order chi connectivity index (χ1) is 9.79. The summed E-state index contributed by atoms with van der Waals surface area (Å²) in [5, 5.41) is 3.29. The lowest BCUT2D eigenvalue weighted by molar-refractivity contribution is -0.133. The van der Waals surface area contributed by atoms with Crippen molar-refractivity contribution >= 4 is 11.7 Å². The van der Waals surface area contributed by atoms with E-state index in [1.807, 2.05) is 60.7 Å². The van der Waals surface area contributed by atoms with E-state index in [9.17, 15) is 4.79 Å². The summed E-state index contributed by atoms with van der Waals surface area (Å²) in [4.78, 5) is 11.2. The number of hydrogen-bond donors (Lipinski definition) is 1. The van der Waals surface area contributed by atoms with Crippen molar-refractivity contribution in [3.8, 4) is 11.8 Å². The number of esters is 1. The fourth-order valence-electron chi connectivity index (χ4n) is 1.73. The molecule has 0 aliphatic rings. The molecule has 3 nitrogen and oxygen atoms in total. The Bertz CT molecular complexity index is 612. The second-order valence-corrected chi connectivity index (χ2v) is 4.11. The second-order valence-electron chi connectivity index (χ2n) is 4.11. The third-order valence-corrected chi connectivity index (χ3v) is 2.72. The van der Waals surface area contributed by atoms with E-state index >= 15 is 0 Å². The van der Waals surface area contributed by atoms with Gasteiger partial charge in [-0.2, -0.15) is 0 Å². The van der Waals surface area contributed by atoms with E-state index in [0.29, 0.717) is 0 Å². The van der Waals surface area contributed by atoms with Crippen LogP contribution in [0.4, 0.5) is 5.69 Å². The molecular weight excluding hydrogens is 250 g/mol. The average Bonchev–Trinajstić information content (AvgIpc) is 2.53. The van der Waals surface area contributed by atoms with Crippen LogP contribution in [-0.2, 0) is 9.53 Å². The van der Waals surface area contributed by atoms with E-state index in [2.05, 4.69) is 21.9 Å². The summed E-state index contributed by atoms with van der Waals surface area (Å²) < 4.78 is 4.55. The van der Waals surface area contributed by atoms with Crippen LogP contribution in [0.5, 0.6) is 0 Å².